The first-order chi connectivity index (χ1) is 13.5. The Morgan fingerprint density at radius 3 is 2.61 bits per heavy atom. The minimum absolute atomic E-state index is 0.101. The summed E-state index contributed by atoms with van der Waals surface area (Å²) in [5.41, 5.74) is 10.8. The molecule has 8 heteroatoms. The van der Waals surface area contributed by atoms with Gasteiger partial charge < -0.3 is 10.5 Å². The zero-order valence-corrected chi connectivity index (χ0v) is 16.5. The van der Waals surface area contributed by atoms with Gasteiger partial charge in [0.1, 0.15) is 16.6 Å². The van der Waals surface area contributed by atoms with Gasteiger partial charge in [-0.2, -0.15) is 10.1 Å². The number of aryl methyl sites for hydroxylation is 1. The second-order valence-corrected chi connectivity index (χ2v) is 6.85. The predicted molar refractivity (Wildman–Crippen MR) is 110 cm³/mol. The van der Waals surface area contributed by atoms with Crippen LogP contribution in [0.15, 0.2) is 36.5 Å². The number of hydrogen-bond donors (Lipinski definition) is 1. The summed E-state index contributed by atoms with van der Waals surface area (Å²) < 4.78 is 7.27. The molecule has 0 bridgehead atoms. The molecule has 4 aromatic rings. The van der Waals surface area contributed by atoms with Gasteiger partial charge in [0.05, 0.1) is 24.7 Å². The Morgan fingerprint density at radius 2 is 1.89 bits per heavy atom. The minimum atomic E-state index is 0.101. The van der Waals surface area contributed by atoms with Gasteiger partial charge in [-0.05, 0) is 13.8 Å². The fourth-order valence-electron chi connectivity index (χ4n) is 3.33. The Kier molecular flexibility index (Phi) is 4.60. The van der Waals surface area contributed by atoms with E-state index in [2.05, 4.69) is 15.0 Å². The van der Waals surface area contributed by atoms with Gasteiger partial charge in [-0.25, -0.2) is 9.67 Å². The number of benzene rings is 1. The lowest BCUT2D eigenvalue weighted by Crippen LogP contribution is -2.09. The molecule has 0 aliphatic carbocycles. The normalized spacial score (nSPS) is 11.1. The molecule has 4 rings (SSSR count). The third-order valence-corrected chi connectivity index (χ3v) is 4.94. The SMILES string of the molecule is COc1c(C)cnc(Cn2nc(-c3ccccc3)c3c(Cl)nc(N)nc32)c1C. The molecule has 2 N–H and O–H groups in total. The Bertz CT molecular complexity index is 1170. The van der Waals surface area contributed by atoms with E-state index in [0.29, 0.717) is 23.3 Å². The van der Waals surface area contributed by atoms with E-state index in [1.165, 1.54) is 0 Å². The highest BCUT2D eigenvalue weighted by molar-refractivity contribution is 6.35. The summed E-state index contributed by atoms with van der Waals surface area (Å²) in [5.74, 6) is 0.918. The van der Waals surface area contributed by atoms with Crippen molar-refractivity contribution in [2.75, 3.05) is 12.8 Å². The molecule has 0 radical (unpaired) electrons. The summed E-state index contributed by atoms with van der Waals surface area (Å²) in [5, 5.41) is 5.71. The van der Waals surface area contributed by atoms with Crippen molar-refractivity contribution in [2.24, 2.45) is 0 Å². The van der Waals surface area contributed by atoms with Crippen LogP contribution in [0.4, 0.5) is 5.95 Å². The lowest BCUT2D eigenvalue weighted by atomic mass is 10.1. The summed E-state index contributed by atoms with van der Waals surface area (Å²) in [4.78, 5) is 13.1. The summed E-state index contributed by atoms with van der Waals surface area (Å²) in [7, 11) is 1.66. The molecular formula is C20H19ClN6O. The van der Waals surface area contributed by atoms with E-state index in [1.54, 1.807) is 18.0 Å². The molecule has 3 heterocycles. The highest BCUT2D eigenvalue weighted by Gasteiger charge is 2.20. The van der Waals surface area contributed by atoms with Gasteiger partial charge in [0.15, 0.2) is 5.65 Å². The summed E-state index contributed by atoms with van der Waals surface area (Å²) in [6, 6.07) is 9.78. The molecule has 0 saturated carbocycles. The number of halogens is 1. The molecule has 142 valence electrons. The number of ether oxygens (including phenoxy) is 1. The number of aromatic nitrogens is 5. The Balaban J connectivity index is 1.91. The van der Waals surface area contributed by atoms with Crippen LogP contribution in [0.5, 0.6) is 5.75 Å². The molecule has 0 atom stereocenters. The molecule has 3 aromatic heterocycles. The van der Waals surface area contributed by atoms with Crippen LogP contribution in [0.2, 0.25) is 5.15 Å². The largest absolute Gasteiger partial charge is 0.496 e. The molecule has 28 heavy (non-hydrogen) atoms. The van der Waals surface area contributed by atoms with Gasteiger partial charge >= 0.3 is 0 Å². The number of pyridine rings is 1. The van der Waals surface area contributed by atoms with Gasteiger partial charge in [-0.15, -0.1) is 0 Å². The van der Waals surface area contributed by atoms with E-state index in [9.17, 15) is 0 Å². The number of methoxy groups -OCH3 is 1. The molecule has 0 saturated heterocycles. The van der Waals surface area contributed by atoms with Crippen molar-refractivity contribution < 1.29 is 4.74 Å². The number of anilines is 1. The van der Waals surface area contributed by atoms with Gasteiger partial charge in [-0.3, -0.25) is 4.98 Å². The van der Waals surface area contributed by atoms with E-state index < -0.39 is 0 Å². The van der Waals surface area contributed by atoms with Gasteiger partial charge in [0.25, 0.3) is 0 Å². The van der Waals surface area contributed by atoms with Crippen molar-refractivity contribution in [1.82, 2.24) is 24.7 Å². The first-order valence-electron chi connectivity index (χ1n) is 8.73. The summed E-state index contributed by atoms with van der Waals surface area (Å²) in [6.45, 7) is 4.35. The van der Waals surface area contributed by atoms with E-state index in [-0.39, 0.29) is 11.1 Å². The number of rotatable bonds is 4. The van der Waals surface area contributed by atoms with Gasteiger partial charge in [0.2, 0.25) is 5.95 Å². The lowest BCUT2D eigenvalue weighted by Gasteiger charge is -2.12. The predicted octanol–water partition coefficient (Wildman–Crippen LogP) is 3.80. The first-order valence-corrected chi connectivity index (χ1v) is 9.11. The van der Waals surface area contributed by atoms with Crippen LogP contribution in [0.25, 0.3) is 22.3 Å². The number of nitrogens with two attached hydrogens (primary N) is 1. The fraction of sp³-hybridized carbons (Fsp3) is 0.200. The maximum Gasteiger partial charge on any atom is 0.223 e. The van der Waals surface area contributed by atoms with Gasteiger partial charge in [-0.1, -0.05) is 41.9 Å². The maximum atomic E-state index is 6.41. The van der Waals surface area contributed by atoms with Crippen molar-refractivity contribution in [2.45, 2.75) is 20.4 Å². The topological polar surface area (TPSA) is 91.7 Å². The van der Waals surface area contributed by atoms with Crippen molar-refractivity contribution in [3.8, 4) is 17.0 Å². The Morgan fingerprint density at radius 1 is 1.14 bits per heavy atom. The zero-order valence-electron chi connectivity index (χ0n) is 15.8. The number of nitrogen functional groups attached to an aromatic ring is 1. The Hall–Kier alpha value is -3.19. The van der Waals surface area contributed by atoms with Crippen molar-refractivity contribution in [3.05, 3.63) is 58.5 Å². The van der Waals surface area contributed by atoms with Crippen LogP contribution in [0.3, 0.4) is 0 Å². The smallest absolute Gasteiger partial charge is 0.223 e. The van der Waals surface area contributed by atoms with Crippen LogP contribution >= 0.6 is 11.6 Å². The second kappa shape index (κ2) is 7.09. The Labute approximate surface area is 167 Å². The second-order valence-electron chi connectivity index (χ2n) is 6.49. The molecule has 1 aromatic carbocycles. The average molecular weight is 395 g/mol. The fourth-order valence-corrected chi connectivity index (χ4v) is 3.59. The summed E-state index contributed by atoms with van der Waals surface area (Å²) >= 11 is 6.41. The highest BCUT2D eigenvalue weighted by Crippen LogP contribution is 2.33. The van der Waals surface area contributed by atoms with E-state index in [1.807, 2.05) is 44.2 Å². The van der Waals surface area contributed by atoms with Crippen molar-refractivity contribution in [1.29, 1.82) is 0 Å². The zero-order chi connectivity index (χ0) is 19.8. The molecule has 0 amide bonds. The van der Waals surface area contributed by atoms with Gasteiger partial charge in [0, 0.05) is 22.9 Å². The summed E-state index contributed by atoms with van der Waals surface area (Å²) in [6.07, 6.45) is 1.79. The number of fused-ring (bicyclic) bond motifs is 1. The van der Waals surface area contributed by atoms with Crippen LogP contribution in [-0.2, 0) is 6.54 Å². The monoisotopic (exact) mass is 394 g/mol. The molecule has 0 aliphatic heterocycles. The van der Waals surface area contributed by atoms with Crippen LogP contribution in [-0.4, -0.2) is 31.8 Å². The van der Waals surface area contributed by atoms with E-state index >= 15 is 0 Å². The number of nitrogens with zero attached hydrogens (tertiary/aromatic N) is 5. The first kappa shape index (κ1) is 18.2. The molecule has 0 spiro atoms. The van der Waals surface area contributed by atoms with Crippen molar-refractivity contribution in [3.63, 3.8) is 0 Å². The van der Waals surface area contributed by atoms with E-state index in [4.69, 9.17) is 27.2 Å². The standard InChI is InChI=1S/C20H19ClN6O/c1-11-9-23-14(12(2)17(11)28-3)10-27-19-15(18(21)24-20(22)25-19)16(26-27)13-7-5-4-6-8-13/h4-9H,10H2,1-3H3,(H2,22,24,25). The minimum Gasteiger partial charge on any atom is -0.496 e. The number of hydrogen-bond acceptors (Lipinski definition) is 6. The third-order valence-electron chi connectivity index (χ3n) is 4.66. The molecule has 0 unspecified atom stereocenters. The average Bonchev–Trinajstić information content (AvgIpc) is 3.04. The molecule has 0 fully saturated rings. The van der Waals surface area contributed by atoms with Crippen molar-refractivity contribution >= 4 is 28.6 Å². The molecule has 7 nitrogen and oxygen atoms in total. The maximum absolute atomic E-state index is 6.41. The van der Waals surface area contributed by atoms with Crippen LogP contribution < -0.4 is 10.5 Å². The van der Waals surface area contributed by atoms with Crippen LogP contribution in [0.1, 0.15) is 16.8 Å². The quantitative estimate of drug-likeness (QED) is 0.529. The van der Waals surface area contributed by atoms with E-state index in [0.717, 1.165) is 28.1 Å². The lowest BCUT2D eigenvalue weighted by molar-refractivity contribution is 0.406. The molecular weight excluding hydrogens is 376 g/mol. The van der Waals surface area contributed by atoms with Crippen LogP contribution in [0, 0.1) is 13.8 Å². The third kappa shape index (κ3) is 3.03. The highest BCUT2D eigenvalue weighted by atomic mass is 35.5. The molecule has 0 aliphatic rings.